The number of unbranched alkanes of at least 4 members (excludes halogenated alkanes) is 32. The van der Waals surface area contributed by atoms with Gasteiger partial charge in [0.2, 0.25) is 0 Å². The van der Waals surface area contributed by atoms with Gasteiger partial charge in [0.15, 0.2) is 6.10 Å². The predicted octanol–water partition coefficient (Wildman–Crippen LogP) is 20.5. The number of hydrogen-bond acceptors (Lipinski definition) is 6. The van der Waals surface area contributed by atoms with Gasteiger partial charge in [0.25, 0.3) is 0 Å². The highest BCUT2D eigenvalue weighted by Gasteiger charge is 2.19. The Morgan fingerprint density at radius 2 is 0.549 bits per heavy atom. The molecule has 0 aromatic heterocycles. The molecular formula is C65H114O6. The molecule has 0 saturated heterocycles. The summed E-state index contributed by atoms with van der Waals surface area (Å²) in [5.41, 5.74) is 0. The van der Waals surface area contributed by atoms with Crippen LogP contribution < -0.4 is 0 Å². The van der Waals surface area contributed by atoms with Crippen molar-refractivity contribution < 1.29 is 28.6 Å². The number of esters is 3. The molecule has 0 N–H and O–H groups in total. The van der Waals surface area contributed by atoms with Crippen LogP contribution in [-0.2, 0) is 28.6 Å². The van der Waals surface area contributed by atoms with Crippen molar-refractivity contribution in [3.8, 4) is 0 Å². The molecule has 0 aromatic rings. The van der Waals surface area contributed by atoms with Crippen LogP contribution in [0.4, 0.5) is 0 Å². The van der Waals surface area contributed by atoms with Crippen LogP contribution in [0.2, 0.25) is 0 Å². The van der Waals surface area contributed by atoms with E-state index >= 15 is 0 Å². The third-order valence-corrected chi connectivity index (χ3v) is 13.2. The molecule has 0 aliphatic heterocycles. The van der Waals surface area contributed by atoms with Crippen LogP contribution in [-0.4, -0.2) is 37.2 Å². The lowest BCUT2D eigenvalue weighted by Crippen LogP contribution is -2.30. The van der Waals surface area contributed by atoms with Crippen molar-refractivity contribution in [1.29, 1.82) is 0 Å². The molecule has 6 nitrogen and oxygen atoms in total. The summed E-state index contributed by atoms with van der Waals surface area (Å²) in [5.74, 6) is -0.921. The zero-order chi connectivity index (χ0) is 51.4. The maximum Gasteiger partial charge on any atom is 0.306 e. The van der Waals surface area contributed by atoms with Crippen molar-refractivity contribution in [2.45, 2.75) is 309 Å². The fourth-order valence-electron chi connectivity index (χ4n) is 8.64. The Kier molecular flexibility index (Phi) is 56.8. The molecule has 0 fully saturated rings. The summed E-state index contributed by atoms with van der Waals surface area (Å²) in [6.45, 7) is 6.50. The molecule has 1 atom stereocenters. The first-order chi connectivity index (χ1) is 35.0. The molecular weight excluding hydrogens is 877 g/mol. The van der Waals surface area contributed by atoms with E-state index in [1.165, 1.54) is 173 Å². The van der Waals surface area contributed by atoms with Gasteiger partial charge in [0, 0.05) is 19.3 Å². The standard InChI is InChI=1S/C65H114O6/c1-4-7-10-13-16-19-22-24-26-27-28-29-30-31-32-33-34-35-36-37-39-40-43-46-49-52-55-58-64(67)70-61-62(60-69-63(66)57-54-51-48-45-42-21-18-15-12-9-6-3)71-65(68)59-56-53-50-47-44-41-38-25-23-20-17-14-11-8-5-2/h8,11,17,20,22,24-25,27-28,38,44,47,62H,4-7,9-10,12-16,18-19,21,23,26,29-37,39-43,45-46,48-61H2,1-3H3/b11-8-,20-17-,24-22-,28-27-,38-25-,47-44-. The predicted molar refractivity (Wildman–Crippen MR) is 307 cm³/mol. The maximum atomic E-state index is 12.8. The van der Waals surface area contributed by atoms with E-state index in [9.17, 15) is 14.4 Å². The van der Waals surface area contributed by atoms with Crippen molar-refractivity contribution >= 4 is 17.9 Å². The minimum atomic E-state index is -0.794. The van der Waals surface area contributed by atoms with Crippen molar-refractivity contribution in [3.63, 3.8) is 0 Å². The van der Waals surface area contributed by atoms with E-state index in [-0.39, 0.29) is 37.5 Å². The molecule has 71 heavy (non-hydrogen) atoms. The van der Waals surface area contributed by atoms with Gasteiger partial charge in [-0.05, 0) is 89.9 Å². The Morgan fingerprint density at radius 3 is 0.887 bits per heavy atom. The zero-order valence-electron chi connectivity index (χ0n) is 47.0. The fraction of sp³-hybridized carbons (Fsp3) is 0.769. The Balaban J connectivity index is 4.23. The SMILES string of the molecule is CC/C=C\C/C=C\C/C=C\C/C=C\CCCCC(=O)OC(COC(=O)CCCCCCCCCCCCC)COC(=O)CCCCCCCCCCCCCCCCC/C=C\C/C=C\CCCCCCC. The molecule has 0 bridgehead atoms. The molecule has 0 rings (SSSR count). The molecule has 0 radical (unpaired) electrons. The topological polar surface area (TPSA) is 78.9 Å². The minimum Gasteiger partial charge on any atom is -0.462 e. The van der Waals surface area contributed by atoms with E-state index in [2.05, 4.69) is 93.7 Å². The van der Waals surface area contributed by atoms with E-state index < -0.39 is 6.10 Å². The normalized spacial score (nSPS) is 12.5. The summed E-state index contributed by atoms with van der Waals surface area (Å²) in [6.07, 6.45) is 76.3. The Bertz CT molecular complexity index is 1320. The van der Waals surface area contributed by atoms with Crippen molar-refractivity contribution in [1.82, 2.24) is 0 Å². The third-order valence-electron chi connectivity index (χ3n) is 13.2. The van der Waals surface area contributed by atoms with Gasteiger partial charge in [-0.15, -0.1) is 0 Å². The summed E-state index contributed by atoms with van der Waals surface area (Å²) in [6, 6.07) is 0. The molecule has 0 amide bonds. The lowest BCUT2D eigenvalue weighted by atomic mass is 10.0. The van der Waals surface area contributed by atoms with Crippen LogP contribution >= 0.6 is 0 Å². The average Bonchev–Trinajstić information content (AvgIpc) is 3.37. The second-order valence-electron chi connectivity index (χ2n) is 20.2. The number of carbonyl (C=O) groups excluding carboxylic acids is 3. The number of ether oxygens (including phenoxy) is 3. The van der Waals surface area contributed by atoms with Gasteiger partial charge in [0.05, 0.1) is 0 Å². The summed E-state index contributed by atoms with van der Waals surface area (Å²) in [4.78, 5) is 38.1. The Hall–Kier alpha value is -3.15. The highest BCUT2D eigenvalue weighted by atomic mass is 16.6. The van der Waals surface area contributed by atoms with E-state index in [1.807, 2.05) is 0 Å². The van der Waals surface area contributed by atoms with Gasteiger partial charge in [-0.3, -0.25) is 14.4 Å². The first-order valence-electron chi connectivity index (χ1n) is 30.4. The van der Waals surface area contributed by atoms with Gasteiger partial charge >= 0.3 is 17.9 Å². The van der Waals surface area contributed by atoms with E-state index in [0.717, 1.165) is 83.5 Å². The molecule has 0 heterocycles. The molecule has 0 aliphatic carbocycles. The van der Waals surface area contributed by atoms with Crippen LogP contribution in [0.3, 0.4) is 0 Å². The molecule has 410 valence electrons. The van der Waals surface area contributed by atoms with Gasteiger partial charge in [0.1, 0.15) is 13.2 Å². The smallest absolute Gasteiger partial charge is 0.306 e. The average molecular weight is 992 g/mol. The zero-order valence-corrected chi connectivity index (χ0v) is 47.0. The van der Waals surface area contributed by atoms with Crippen LogP contribution in [0.5, 0.6) is 0 Å². The van der Waals surface area contributed by atoms with Crippen LogP contribution in [0.1, 0.15) is 303 Å². The first kappa shape index (κ1) is 67.8. The molecule has 0 aromatic carbocycles. The molecule has 0 saturated carbocycles. The van der Waals surface area contributed by atoms with E-state index in [1.54, 1.807) is 0 Å². The third kappa shape index (κ3) is 57.6. The van der Waals surface area contributed by atoms with E-state index in [0.29, 0.717) is 19.3 Å². The number of rotatable bonds is 55. The fourth-order valence-corrected chi connectivity index (χ4v) is 8.64. The van der Waals surface area contributed by atoms with Gasteiger partial charge in [-0.2, -0.15) is 0 Å². The summed E-state index contributed by atoms with van der Waals surface area (Å²) < 4.78 is 16.8. The summed E-state index contributed by atoms with van der Waals surface area (Å²) in [5, 5.41) is 0. The molecule has 0 spiro atoms. The highest BCUT2D eigenvalue weighted by Crippen LogP contribution is 2.16. The summed E-state index contributed by atoms with van der Waals surface area (Å²) >= 11 is 0. The second kappa shape index (κ2) is 59.4. The van der Waals surface area contributed by atoms with Crippen LogP contribution in [0.15, 0.2) is 72.9 Å². The van der Waals surface area contributed by atoms with Crippen LogP contribution in [0.25, 0.3) is 0 Å². The Morgan fingerprint density at radius 1 is 0.296 bits per heavy atom. The van der Waals surface area contributed by atoms with Gasteiger partial charge < -0.3 is 14.2 Å². The van der Waals surface area contributed by atoms with Gasteiger partial charge in [-0.1, -0.05) is 267 Å². The number of allylic oxidation sites excluding steroid dienone is 12. The second-order valence-corrected chi connectivity index (χ2v) is 20.2. The number of hydrogen-bond donors (Lipinski definition) is 0. The largest absolute Gasteiger partial charge is 0.462 e. The highest BCUT2D eigenvalue weighted by molar-refractivity contribution is 5.71. The van der Waals surface area contributed by atoms with Crippen LogP contribution in [0, 0.1) is 0 Å². The van der Waals surface area contributed by atoms with Crippen molar-refractivity contribution in [2.24, 2.45) is 0 Å². The molecule has 0 aliphatic rings. The summed E-state index contributed by atoms with van der Waals surface area (Å²) in [7, 11) is 0. The monoisotopic (exact) mass is 991 g/mol. The Labute approximate surface area is 440 Å². The number of carbonyl (C=O) groups is 3. The van der Waals surface area contributed by atoms with E-state index in [4.69, 9.17) is 14.2 Å². The minimum absolute atomic E-state index is 0.0892. The first-order valence-corrected chi connectivity index (χ1v) is 30.4. The maximum absolute atomic E-state index is 12.8. The van der Waals surface area contributed by atoms with Crippen molar-refractivity contribution in [3.05, 3.63) is 72.9 Å². The molecule has 1 unspecified atom stereocenters. The lowest BCUT2D eigenvalue weighted by Gasteiger charge is -2.18. The molecule has 6 heteroatoms. The van der Waals surface area contributed by atoms with Gasteiger partial charge in [-0.25, -0.2) is 0 Å². The quantitative estimate of drug-likeness (QED) is 0.0261. The van der Waals surface area contributed by atoms with Crippen molar-refractivity contribution in [2.75, 3.05) is 13.2 Å². The lowest BCUT2D eigenvalue weighted by molar-refractivity contribution is -0.167.